The molecule has 1 amide bonds. The summed E-state index contributed by atoms with van der Waals surface area (Å²) in [5.74, 6) is -0.552. The van der Waals surface area contributed by atoms with Crippen molar-refractivity contribution in [3.8, 4) is 5.75 Å². The van der Waals surface area contributed by atoms with Crippen LogP contribution in [-0.2, 0) is 9.59 Å². The Balaban J connectivity index is 2.18. The summed E-state index contributed by atoms with van der Waals surface area (Å²) >= 11 is 2.21. The smallest absolute Gasteiger partial charge is 0.325 e. The first-order valence-corrected chi connectivity index (χ1v) is 6.97. The van der Waals surface area contributed by atoms with Crippen LogP contribution in [0.25, 0.3) is 0 Å². The number of carboxylic acid groups (broad SMARTS) is 1. The average molecular weight is 377 g/mol. The molecule has 104 valence electrons. The van der Waals surface area contributed by atoms with E-state index in [4.69, 9.17) is 9.84 Å². The molecule has 1 aromatic rings. The van der Waals surface area contributed by atoms with Crippen molar-refractivity contribution >= 4 is 34.5 Å². The molecule has 1 unspecified atom stereocenters. The zero-order valence-corrected chi connectivity index (χ0v) is 12.7. The predicted molar refractivity (Wildman–Crippen MR) is 79.1 cm³/mol. The number of carboxylic acids is 1. The minimum Gasteiger partial charge on any atom is -0.494 e. The van der Waals surface area contributed by atoms with E-state index in [0.717, 1.165) is 9.32 Å². The first-order chi connectivity index (χ1) is 8.99. The molecule has 0 aromatic heterocycles. The van der Waals surface area contributed by atoms with Gasteiger partial charge in [-0.05, 0) is 60.2 Å². The number of nitrogens with one attached hydrogen (secondary N) is 1. The van der Waals surface area contributed by atoms with E-state index in [1.807, 2.05) is 24.3 Å². The molecular formula is C13H16INO4. The molecule has 0 radical (unpaired) electrons. The normalized spacial score (nSPS) is 11.7. The minimum absolute atomic E-state index is 0.252. The number of hydrogen-bond acceptors (Lipinski definition) is 3. The second-order valence-corrected chi connectivity index (χ2v) is 5.28. The molecule has 19 heavy (non-hydrogen) atoms. The Morgan fingerprint density at radius 3 is 2.58 bits per heavy atom. The molecule has 1 rings (SSSR count). The van der Waals surface area contributed by atoms with Crippen molar-refractivity contribution < 1.29 is 19.4 Å². The van der Waals surface area contributed by atoms with Gasteiger partial charge in [0.15, 0.2) is 0 Å². The van der Waals surface area contributed by atoms with Gasteiger partial charge in [0.25, 0.3) is 0 Å². The van der Waals surface area contributed by atoms with E-state index in [1.54, 1.807) is 0 Å². The van der Waals surface area contributed by atoms with Crippen molar-refractivity contribution in [1.82, 2.24) is 5.32 Å². The van der Waals surface area contributed by atoms with Crippen molar-refractivity contribution in [3.63, 3.8) is 0 Å². The lowest BCUT2D eigenvalue weighted by Crippen LogP contribution is -2.38. The van der Waals surface area contributed by atoms with Crippen molar-refractivity contribution in [3.05, 3.63) is 27.8 Å². The van der Waals surface area contributed by atoms with Gasteiger partial charge in [-0.2, -0.15) is 0 Å². The monoisotopic (exact) mass is 377 g/mol. The number of ether oxygens (including phenoxy) is 1. The second-order valence-electron chi connectivity index (χ2n) is 4.03. The highest BCUT2D eigenvalue weighted by atomic mass is 127. The Morgan fingerprint density at radius 1 is 1.37 bits per heavy atom. The Hall–Kier alpha value is -1.31. The Bertz CT molecular complexity index is 433. The summed E-state index contributed by atoms with van der Waals surface area (Å²) in [4.78, 5) is 21.9. The number of carbonyl (C=O) groups is 2. The minimum atomic E-state index is -1.04. The third-order valence-corrected chi connectivity index (χ3v) is 3.10. The topological polar surface area (TPSA) is 75.6 Å². The van der Waals surface area contributed by atoms with Crippen LogP contribution in [0.2, 0.25) is 0 Å². The SMILES string of the molecule is CC(NC(=O)CCCOc1ccc(I)cc1)C(=O)O. The van der Waals surface area contributed by atoms with Crippen molar-refractivity contribution in [1.29, 1.82) is 0 Å². The van der Waals surface area contributed by atoms with Gasteiger partial charge in [0, 0.05) is 9.99 Å². The molecule has 5 nitrogen and oxygen atoms in total. The van der Waals surface area contributed by atoms with E-state index >= 15 is 0 Å². The van der Waals surface area contributed by atoms with Crippen molar-refractivity contribution in [2.75, 3.05) is 6.61 Å². The molecule has 6 heteroatoms. The molecule has 2 N–H and O–H groups in total. The molecule has 0 aliphatic rings. The number of halogens is 1. The van der Waals surface area contributed by atoms with Crippen molar-refractivity contribution in [2.24, 2.45) is 0 Å². The number of hydrogen-bond donors (Lipinski definition) is 2. The molecule has 1 aromatic carbocycles. The van der Waals surface area contributed by atoms with Crippen LogP contribution in [0.4, 0.5) is 0 Å². The molecule has 0 heterocycles. The van der Waals surface area contributed by atoms with E-state index < -0.39 is 12.0 Å². The lowest BCUT2D eigenvalue weighted by Gasteiger charge is -2.09. The highest BCUT2D eigenvalue weighted by Gasteiger charge is 2.13. The van der Waals surface area contributed by atoms with Gasteiger partial charge in [-0.15, -0.1) is 0 Å². The van der Waals surface area contributed by atoms with Gasteiger partial charge in [-0.3, -0.25) is 9.59 Å². The van der Waals surface area contributed by atoms with E-state index in [9.17, 15) is 9.59 Å². The van der Waals surface area contributed by atoms with Crippen LogP contribution < -0.4 is 10.1 Å². The molecular weight excluding hydrogens is 361 g/mol. The summed E-state index contributed by atoms with van der Waals surface area (Å²) in [6.07, 6.45) is 0.798. The quantitative estimate of drug-likeness (QED) is 0.563. The van der Waals surface area contributed by atoms with E-state index in [0.29, 0.717) is 13.0 Å². The second kappa shape index (κ2) is 7.98. The highest BCUT2D eigenvalue weighted by Crippen LogP contribution is 2.13. The van der Waals surface area contributed by atoms with Crippen LogP contribution in [0.15, 0.2) is 24.3 Å². The van der Waals surface area contributed by atoms with Gasteiger partial charge >= 0.3 is 5.97 Å². The molecule has 0 saturated heterocycles. The summed E-state index contributed by atoms with van der Waals surface area (Å²) in [6.45, 7) is 1.86. The third-order valence-electron chi connectivity index (χ3n) is 2.38. The van der Waals surface area contributed by atoms with E-state index in [1.165, 1.54) is 6.92 Å². The lowest BCUT2D eigenvalue weighted by molar-refractivity contribution is -0.141. The van der Waals surface area contributed by atoms with E-state index in [2.05, 4.69) is 27.9 Å². The fraction of sp³-hybridized carbons (Fsp3) is 0.385. The zero-order valence-electron chi connectivity index (χ0n) is 10.6. The van der Waals surface area contributed by atoms with Gasteiger partial charge in [0.2, 0.25) is 5.91 Å². The number of benzene rings is 1. The van der Waals surface area contributed by atoms with Crippen LogP contribution in [0.3, 0.4) is 0 Å². The number of carbonyl (C=O) groups excluding carboxylic acids is 1. The fourth-order valence-corrected chi connectivity index (χ4v) is 1.69. The zero-order chi connectivity index (χ0) is 14.3. The van der Waals surface area contributed by atoms with Gasteiger partial charge in [0.05, 0.1) is 6.61 Å². The number of aliphatic carboxylic acids is 1. The highest BCUT2D eigenvalue weighted by molar-refractivity contribution is 14.1. The third kappa shape index (κ3) is 6.42. The first kappa shape index (κ1) is 15.7. The summed E-state index contributed by atoms with van der Waals surface area (Å²) in [6, 6.07) is 6.77. The molecule has 0 aliphatic heterocycles. The predicted octanol–water partition coefficient (Wildman–Crippen LogP) is 2.04. The molecule has 0 bridgehead atoms. The van der Waals surface area contributed by atoms with Gasteiger partial charge < -0.3 is 15.2 Å². The van der Waals surface area contributed by atoms with Crippen LogP contribution in [0.1, 0.15) is 19.8 Å². The standard InChI is InChI=1S/C13H16INO4/c1-9(13(17)18)15-12(16)3-2-8-19-11-6-4-10(14)5-7-11/h4-7,9H,2-3,8H2,1H3,(H,15,16)(H,17,18). The molecule has 0 spiro atoms. The van der Waals surface area contributed by atoms with Crippen LogP contribution >= 0.6 is 22.6 Å². The maximum atomic E-state index is 11.4. The number of amides is 1. The van der Waals surface area contributed by atoms with Crippen LogP contribution in [0, 0.1) is 3.57 Å². The molecule has 0 fully saturated rings. The number of rotatable bonds is 7. The maximum absolute atomic E-state index is 11.4. The Morgan fingerprint density at radius 2 is 2.00 bits per heavy atom. The van der Waals surface area contributed by atoms with Crippen molar-refractivity contribution in [2.45, 2.75) is 25.8 Å². The summed E-state index contributed by atoms with van der Waals surface area (Å²) in [5.41, 5.74) is 0. The van der Waals surface area contributed by atoms with Gasteiger partial charge in [0.1, 0.15) is 11.8 Å². The summed E-state index contributed by atoms with van der Waals surface area (Å²) in [5, 5.41) is 11.0. The van der Waals surface area contributed by atoms with E-state index in [-0.39, 0.29) is 12.3 Å². The van der Waals surface area contributed by atoms with Crippen LogP contribution in [-0.4, -0.2) is 29.6 Å². The first-order valence-electron chi connectivity index (χ1n) is 5.89. The fourth-order valence-electron chi connectivity index (χ4n) is 1.33. The Labute approximate surface area is 125 Å². The van der Waals surface area contributed by atoms with Crippen LogP contribution in [0.5, 0.6) is 5.75 Å². The van der Waals surface area contributed by atoms with Gasteiger partial charge in [-0.1, -0.05) is 0 Å². The summed E-state index contributed by atoms with van der Waals surface area (Å²) < 4.78 is 6.60. The lowest BCUT2D eigenvalue weighted by atomic mass is 10.2. The summed E-state index contributed by atoms with van der Waals surface area (Å²) in [7, 11) is 0. The Kier molecular flexibility index (Phi) is 6.61. The molecule has 1 atom stereocenters. The average Bonchev–Trinajstić information content (AvgIpc) is 2.36. The largest absolute Gasteiger partial charge is 0.494 e. The molecule has 0 aliphatic carbocycles. The maximum Gasteiger partial charge on any atom is 0.325 e. The molecule has 0 saturated carbocycles. The van der Waals surface area contributed by atoms with Gasteiger partial charge in [-0.25, -0.2) is 0 Å².